The van der Waals surface area contributed by atoms with Crippen LogP contribution in [0, 0.1) is 0 Å². The standard InChI is InChI=1S/C10H11BrN2O/c1-6(2)14-10-8-5-7(11)3-4-9(8)12-13-10/h3-6H,1-2H3,(H,12,13). The maximum Gasteiger partial charge on any atom is 0.240 e. The van der Waals surface area contributed by atoms with E-state index in [0.717, 1.165) is 15.4 Å². The summed E-state index contributed by atoms with van der Waals surface area (Å²) in [7, 11) is 0. The summed E-state index contributed by atoms with van der Waals surface area (Å²) in [4.78, 5) is 0. The smallest absolute Gasteiger partial charge is 0.240 e. The van der Waals surface area contributed by atoms with Gasteiger partial charge in [-0.25, -0.2) is 0 Å². The van der Waals surface area contributed by atoms with E-state index in [4.69, 9.17) is 4.74 Å². The lowest BCUT2D eigenvalue weighted by Gasteiger charge is -2.05. The lowest BCUT2D eigenvalue weighted by molar-refractivity contribution is 0.235. The molecular formula is C10H11BrN2O. The van der Waals surface area contributed by atoms with Crippen LogP contribution >= 0.6 is 15.9 Å². The second-order valence-corrected chi connectivity index (χ2v) is 4.30. The molecule has 1 aromatic carbocycles. The molecule has 2 rings (SSSR count). The number of ether oxygens (including phenoxy) is 1. The van der Waals surface area contributed by atoms with Crippen molar-refractivity contribution in [1.82, 2.24) is 10.2 Å². The van der Waals surface area contributed by atoms with Crippen LogP contribution in [0.5, 0.6) is 5.88 Å². The van der Waals surface area contributed by atoms with E-state index in [1.54, 1.807) is 0 Å². The fraction of sp³-hybridized carbons (Fsp3) is 0.300. The lowest BCUT2D eigenvalue weighted by Crippen LogP contribution is -2.05. The predicted molar refractivity (Wildman–Crippen MR) is 59.6 cm³/mol. The van der Waals surface area contributed by atoms with Crippen LogP contribution in [-0.4, -0.2) is 16.3 Å². The minimum Gasteiger partial charge on any atom is -0.473 e. The summed E-state index contributed by atoms with van der Waals surface area (Å²) in [6, 6.07) is 5.94. The average molecular weight is 255 g/mol. The molecule has 0 amide bonds. The van der Waals surface area contributed by atoms with Crippen LogP contribution in [0.2, 0.25) is 0 Å². The number of hydrogen-bond donors (Lipinski definition) is 1. The fourth-order valence-electron chi connectivity index (χ4n) is 1.28. The third-order valence-corrected chi connectivity index (χ3v) is 2.33. The zero-order valence-electron chi connectivity index (χ0n) is 8.04. The first kappa shape index (κ1) is 9.52. The molecule has 0 unspecified atom stereocenters. The third kappa shape index (κ3) is 1.75. The summed E-state index contributed by atoms with van der Waals surface area (Å²) in [5, 5.41) is 8.04. The first-order valence-corrected chi connectivity index (χ1v) is 5.26. The van der Waals surface area contributed by atoms with Crippen molar-refractivity contribution in [3.63, 3.8) is 0 Å². The fourth-order valence-corrected chi connectivity index (χ4v) is 1.64. The monoisotopic (exact) mass is 254 g/mol. The first-order valence-electron chi connectivity index (χ1n) is 4.47. The normalized spacial score (nSPS) is 11.1. The molecule has 0 aliphatic rings. The molecule has 0 saturated heterocycles. The van der Waals surface area contributed by atoms with Crippen molar-refractivity contribution >= 4 is 26.8 Å². The van der Waals surface area contributed by atoms with Gasteiger partial charge < -0.3 is 4.74 Å². The van der Waals surface area contributed by atoms with E-state index in [1.165, 1.54) is 0 Å². The van der Waals surface area contributed by atoms with Crippen LogP contribution in [0.15, 0.2) is 22.7 Å². The van der Waals surface area contributed by atoms with Gasteiger partial charge in [-0.3, -0.25) is 5.10 Å². The van der Waals surface area contributed by atoms with Gasteiger partial charge in [0, 0.05) is 4.47 Å². The van der Waals surface area contributed by atoms with Gasteiger partial charge in [-0.2, -0.15) is 0 Å². The molecule has 1 N–H and O–H groups in total. The van der Waals surface area contributed by atoms with E-state index in [1.807, 2.05) is 32.0 Å². The van der Waals surface area contributed by atoms with Crippen LogP contribution in [-0.2, 0) is 0 Å². The molecule has 4 heteroatoms. The van der Waals surface area contributed by atoms with Crippen molar-refractivity contribution < 1.29 is 4.74 Å². The summed E-state index contributed by atoms with van der Waals surface area (Å²) in [5.74, 6) is 0.663. The number of halogens is 1. The lowest BCUT2D eigenvalue weighted by atomic mass is 10.2. The molecule has 14 heavy (non-hydrogen) atoms. The second kappa shape index (κ2) is 3.61. The number of nitrogens with one attached hydrogen (secondary N) is 1. The number of nitrogens with zero attached hydrogens (tertiary/aromatic N) is 1. The van der Waals surface area contributed by atoms with E-state index >= 15 is 0 Å². The quantitative estimate of drug-likeness (QED) is 0.895. The third-order valence-electron chi connectivity index (χ3n) is 1.84. The number of aromatic nitrogens is 2. The molecule has 0 aliphatic heterocycles. The van der Waals surface area contributed by atoms with Gasteiger partial charge in [0.2, 0.25) is 5.88 Å². The second-order valence-electron chi connectivity index (χ2n) is 3.39. The van der Waals surface area contributed by atoms with Crippen LogP contribution in [0.25, 0.3) is 10.9 Å². The molecule has 0 bridgehead atoms. The maximum atomic E-state index is 5.56. The number of fused-ring (bicyclic) bond motifs is 1. The summed E-state index contributed by atoms with van der Waals surface area (Å²) in [6.45, 7) is 3.97. The average Bonchev–Trinajstić information content (AvgIpc) is 2.47. The topological polar surface area (TPSA) is 37.9 Å². The Balaban J connectivity index is 2.50. The Morgan fingerprint density at radius 1 is 1.43 bits per heavy atom. The number of hydrogen-bond acceptors (Lipinski definition) is 2. The van der Waals surface area contributed by atoms with Gasteiger partial charge in [0.05, 0.1) is 17.0 Å². The molecule has 1 heterocycles. The number of aromatic amines is 1. The molecule has 74 valence electrons. The SMILES string of the molecule is CC(C)Oc1n[nH]c2ccc(Br)cc12. The molecule has 1 aromatic heterocycles. The number of rotatable bonds is 2. The highest BCUT2D eigenvalue weighted by Crippen LogP contribution is 2.26. The minimum atomic E-state index is 0.139. The van der Waals surface area contributed by atoms with Gasteiger partial charge in [0.25, 0.3) is 0 Å². The van der Waals surface area contributed by atoms with Crippen LogP contribution in [0.3, 0.4) is 0 Å². The summed E-state index contributed by atoms with van der Waals surface area (Å²) >= 11 is 3.42. The highest BCUT2D eigenvalue weighted by atomic mass is 79.9. The Morgan fingerprint density at radius 3 is 2.93 bits per heavy atom. The Morgan fingerprint density at radius 2 is 2.21 bits per heavy atom. The highest BCUT2D eigenvalue weighted by Gasteiger charge is 2.08. The summed E-state index contributed by atoms with van der Waals surface area (Å²) < 4.78 is 6.59. The zero-order valence-corrected chi connectivity index (χ0v) is 9.63. The van der Waals surface area contributed by atoms with Gasteiger partial charge in [-0.1, -0.05) is 15.9 Å². The van der Waals surface area contributed by atoms with Gasteiger partial charge >= 0.3 is 0 Å². The molecule has 2 aromatic rings. The number of H-pyrrole nitrogens is 1. The Kier molecular flexibility index (Phi) is 2.46. The molecule has 0 spiro atoms. The maximum absolute atomic E-state index is 5.56. The Bertz CT molecular complexity index is 450. The van der Waals surface area contributed by atoms with E-state index in [9.17, 15) is 0 Å². The van der Waals surface area contributed by atoms with Crippen LogP contribution in [0.4, 0.5) is 0 Å². The van der Waals surface area contributed by atoms with Crippen LogP contribution in [0.1, 0.15) is 13.8 Å². The highest BCUT2D eigenvalue weighted by molar-refractivity contribution is 9.10. The Labute approximate surface area is 90.6 Å². The molecule has 0 fully saturated rings. The summed E-state index contributed by atoms with van der Waals surface area (Å²) in [5.41, 5.74) is 0.990. The van der Waals surface area contributed by atoms with Gasteiger partial charge in [0.15, 0.2) is 0 Å². The first-order chi connectivity index (χ1) is 6.66. The Hall–Kier alpha value is -1.03. The molecule has 0 atom stereocenters. The van der Waals surface area contributed by atoms with E-state index < -0.39 is 0 Å². The summed E-state index contributed by atoms with van der Waals surface area (Å²) in [6.07, 6.45) is 0.139. The number of benzene rings is 1. The minimum absolute atomic E-state index is 0.139. The van der Waals surface area contributed by atoms with Crippen molar-refractivity contribution in [3.8, 4) is 5.88 Å². The molecule has 0 aliphatic carbocycles. The van der Waals surface area contributed by atoms with Crippen LogP contribution < -0.4 is 4.74 Å². The predicted octanol–water partition coefficient (Wildman–Crippen LogP) is 3.11. The van der Waals surface area contributed by atoms with Crippen molar-refractivity contribution in [2.75, 3.05) is 0 Å². The molecular weight excluding hydrogens is 244 g/mol. The van der Waals surface area contributed by atoms with Gasteiger partial charge in [-0.15, -0.1) is 5.10 Å². The van der Waals surface area contributed by atoms with E-state index in [2.05, 4.69) is 26.1 Å². The van der Waals surface area contributed by atoms with Gasteiger partial charge in [-0.05, 0) is 32.0 Å². The van der Waals surface area contributed by atoms with Crippen molar-refractivity contribution in [1.29, 1.82) is 0 Å². The van der Waals surface area contributed by atoms with Crippen molar-refractivity contribution in [2.24, 2.45) is 0 Å². The van der Waals surface area contributed by atoms with E-state index in [-0.39, 0.29) is 6.10 Å². The van der Waals surface area contributed by atoms with E-state index in [0.29, 0.717) is 5.88 Å². The van der Waals surface area contributed by atoms with Gasteiger partial charge in [0.1, 0.15) is 0 Å². The van der Waals surface area contributed by atoms with Crippen molar-refractivity contribution in [3.05, 3.63) is 22.7 Å². The molecule has 3 nitrogen and oxygen atoms in total. The molecule has 0 saturated carbocycles. The zero-order chi connectivity index (χ0) is 10.1. The largest absolute Gasteiger partial charge is 0.473 e. The molecule has 0 radical (unpaired) electrons. The van der Waals surface area contributed by atoms with Crippen molar-refractivity contribution in [2.45, 2.75) is 20.0 Å².